The molecule has 0 bridgehead atoms. The quantitative estimate of drug-likeness (QED) is 0.738. The number of amides is 1. The van der Waals surface area contributed by atoms with Crippen LogP contribution in [0.3, 0.4) is 0 Å². The summed E-state index contributed by atoms with van der Waals surface area (Å²) in [4.78, 5) is 23.3. The number of carboxylic acids is 1. The second-order valence-corrected chi connectivity index (χ2v) is 5.72. The lowest BCUT2D eigenvalue weighted by Gasteiger charge is -2.17. The van der Waals surface area contributed by atoms with E-state index in [1.807, 2.05) is 30.5 Å². The van der Waals surface area contributed by atoms with Gasteiger partial charge in [0.15, 0.2) is 0 Å². The van der Waals surface area contributed by atoms with E-state index in [0.717, 1.165) is 11.3 Å². The molecule has 20 heavy (non-hydrogen) atoms. The van der Waals surface area contributed by atoms with Gasteiger partial charge in [-0.3, -0.25) is 4.79 Å². The van der Waals surface area contributed by atoms with Crippen molar-refractivity contribution in [2.24, 2.45) is 0 Å². The zero-order valence-corrected chi connectivity index (χ0v) is 12.1. The first-order valence-corrected chi connectivity index (χ1v) is 7.87. The molecule has 0 saturated carbocycles. The highest BCUT2D eigenvalue weighted by Crippen LogP contribution is 2.25. The van der Waals surface area contributed by atoms with Gasteiger partial charge in [0.2, 0.25) is 5.91 Å². The first kappa shape index (κ1) is 14.7. The third-order valence-corrected chi connectivity index (χ3v) is 3.96. The Morgan fingerprint density at radius 3 is 2.90 bits per heavy atom. The van der Waals surface area contributed by atoms with Gasteiger partial charge in [0.1, 0.15) is 12.1 Å². The molecule has 1 amide bonds. The Kier molecular flexibility index (Phi) is 4.89. The van der Waals surface area contributed by atoms with E-state index in [9.17, 15) is 9.59 Å². The number of carboxylic acid groups (broad SMARTS) is 1. The largest absolute Gasteiger partial charge is 0.480 e. The van der Waals surface area contributed by atoms with Crippen molar-refractivity contribution in [3.05, 3.63) is 29.8 Å². The number of fused-ring (bicyclic) bond motifs is 1. The summed E-state index contributed by atoms with van der Waals surface area (Å²) >= 11 is 1.57. The maximum absolute atomic E-state index is 12.1. The minimum absolute atomic E-state index is 0.255. The SMILES string of the molecule is CSCC[C@H](NC(=O)C1Cc2ccccc2N1)C(=O)O. The number of benzene rings is 1. The summed E-state index contributed by atoms with van der Waals surface area (Å²) in [5.41, 5.74) is 2.03. The molecule has 1 aromatic rings. The molecular weight excluding hydrogens is 276 g/mol. The van der Waals surface area contributed by atoms with Gasteiger partial charge in [0.05, 0.1) is 0 Å². The molecule has 1 aromatic carbocycles. The molecule has 0 radical (unpaired) electrons. The van der Waals surface area contributed by atoms with Crippen LogP contribution in [0.25, 0.3) is 0 Å². The van der Waals surface area contributed by atoms with E-state index in [1.165, 1.54) is 0 Å². The van der Waals surface area contributed by atoms with Crippen LogP contribution in [0.1, 0.15) is 12.0 Å². The third-order valence-electron chi connectivity index (χ3n) is 3.31. The van der Waals surface area contributed by atoms with Crippen LogP contribution in [-0.2, 0) is 16.0 Å². The van der Waals surface area contributed by atoms with Crippen molar-refractivity contribution in [1.29, 1.82) is 0 Å². The summed E-state index contributed by atoms with van der Waals surface area (Å²) in [5.74, 6) is -0.534. The molecule has 2 atom stereocenters. The van der Waals surface area contributed by atoms with Gasteiger partial charge in [-0.25, -0.2) is 4.79 Å². The maximum Gasteiger partial charge on any atom is 0.326 e. The molecule has 5 nitrogen and oxygen atoms in total. The maximum atomic E-state index is 12.1. The Balaban J connectivity index is 1.94. The number of thioether (sulfide) groups is 1. The van der Waals surface area contributed by atoms with E-state index in [4.69, 9.17) is 5.11 Å². The molecule has 3 N–H and O–H groups in total. The average molecular weight is 294 g/mol. The molecule has 2 rings (SSSR count). The monoisotopic (exact) mass is 294 g/mol. The van der Waals surface area contributed by atoms with Gasteiger partial charge in [-0.05, 0) is 30.1 Å². The number of anilines is 1. The van der Waals surface area contributed by atoms with E-state index < -0.39 is 12.0 Å². The zero-order chi connectivity index (χ0) is 14.5. The van der Waals surface area contributed by atoms with Crippen LogP contribution in [0.15, 0.2) is 24.3 Å². The van der Waals surface area contributed by atoms with Crippen LogP contribution in [0.2, 0.25) is 0 Å². The number of hydrogen-bond donors (Lipinski definition) is 3. The standard InChI is InChI=1S/C14H18N2O3S/c1-20-7-6-11(14(18)19)16-13(17)12-8-9-4-2-3-5-10(9)15-12/h2-5,11-12,15H,6-8H2,1H3,(H,16,17)(H,18,19)/t11-,12?/m0/s1. The molecule has 1 aliphatic rings. The molecule has 6 heteroatoms. The topological polar surface area (TPSA) is 78.4 Å². The number of hydrogen-bond acceptors (Lipinski definition) is 4. The summed E-state index contributed by atoms with van der Waals surface area (Å²) in [7, 11) is 0. The number of para-hydroxylation sites is 1. The normalized spacial score (nSPS) is 17.9. The highest BCUT2D eigenvalue weighted by molar-refractivity contribution is 7.98. The van der Waals surface area contributed by atoms with E-state index in [1.54, 1.807) is 11.8 Å². The zero-order valence-electron chi connectivity index (χ0n) is 11.3. The number of rotatable bonds is 6. The molecular formula is C14H18N2O3S. The van der Waals surface area contributed by atoms with E-state index in [-0.39, 0.29) is 11.9 Å². The van der Waals surface area contributed by atoms with Crippen LogP contribution < -0.4 is 10.6 Å². The van der Waals surface area contributed by atoms with Gasteiger partial charge in [-0.15, -0.1) is 0 Å². The molecule has 1 aliphatic heterocycles. The summed E-state index contributed by atoms with van der Waals surface area (Å²) in [6.45, 7) is 0. The van der Waals surface area contributed by atoms with Crippen molar-refractivity contribution >= 4 is 29.3 Å². The minimum atomic E-state index is -0.983. The average Bonchev–Trinajstić information content (AvgIpc) is 2.86. The number of carbonyl (C=O) groups excluding carboxylic acids is 1. The van der Waals surface area contributed by atoms with Crippen LogP contribution in [0.5, 0.6) is 0 Å². The summed E-state index contributed by atoms with van der Waals surface area (Å²) in [5, 5.41) is 14.9. The summed E-state index contributed by atoms with van der Waals surface area (Å²) < 4.78 is 0. The predicted octanol–water partition coefficient (Wildman–Crippen LogP) is 1.35. The Morgan fingerprint density at radius 2 is 2.25 bits per heavy atom. The second kappa shape index (κ2) is 6.65. The Labute approximate surface area is 122 Å². The molecule has 108 valence electrons. The van der Waals surface area contributed by atoms with Crippen molar-refractivity contribution in [3.8, 4) is 0 Å². The Bertz CT molecular complexity index is 482. The van der Waals surface area contributed by atoms with Crippen LogP contribution in [-0.4, -0.2) is 41.1 Å². The molecule has 1 heterocycles. The lowest BCUT2D eigenvalue weighted by atomic mass is 10.1. The predicted molar refractivity (Wildman–Crippen MR) is 80.1 cm³/mol. The van der Waals surface area contributed by atoms with Crippen LogP contribution >= 0.6 is 11.8 Å². The van der Waals surface area contributed by atoms with E-state index in [0.29, 0.717) is 18.6 Å². The fourth-order valence-corrected chi connectivity index (χ4v) is 2.69. The van der Waals surface area contributed by atoms with Gasteiger partial charge in [0, 0.05) is 12.1 Å². The molecule has 0 saturated heterocycles. The van der Waals surface area contributed by atoms with Gasteiger partial charge in [-0.1, -0.05) is 18.2 Å². The van der Waals surface area contributed by atoms with Crippen LogP contribution in [0.4, 0.5) is 5.69 Å². The fraction of sp³-hybridized carbons (Fsp3) is 0.429. The van der Waals surface area contributed by atoms with Gasteiger partial charge >= 0.3 is 5.97 Å². The summed E-state index contributed by atoms with van der Waals surface area (Å²) in [6.07, 6.45) is 2.94. The Hall–Kier alpha value is -1.69. The number of aliphatic carboxylic acids is 1. The lowest BCUT2D eigenvalue weighted by molar-refractivity contribution is -0.141. The van der Waals surface area contributed by atoms with Crippen LogP contribution in [0, 0.1) is 0 Å². The number of carbonyl (C=O) groups is 2. The molecule has 0 aliphatic carbocycles. The van der Waals surface area contributed by atoms with E-state index in [2.05, 4.69) is 10.6 Å². The van der Waals surface area contributed by atoms with Crippen molar-refractivity contribution in [1.82, 2.24) is 5.32 Å². The first-order chi connectivity index (χ1) is 9.61. The molecule has 0 aromatic heterocycles. The third kappa shape index (κ3) is 3.45. The highest BCUT2D eigenvalue weighted by Gasteiger charge is 2.29. The van der Waals surface area contributed by atoms with Crippen molar-refractivity contribution < 1.29 is 14.7 Å². The van der Waals surface area contributed by atoms with E-state index >= 15 is 0 Å². The summed E-state index contributed by atoms with van der Waals surface area (Å²) in [6, 6.07) is 6.52. The smallest absolute Gasteiger partial charge is 0.326 e. The minimum Gasteiger partial charge on any atom is -0.480 e. The highest BCUT2D eigenvalue weighted by atomic mass is 32.2. The number of nitrogens with one attached hydrogen (secondary N) is 2. The van der Waals surface area contributed by atoms with Crippen molar-refractivity contribution in [2.75, 3.05) is 17.3 Å². The molecule has 0 fully saturated rings. The fourth-order valence-electron chi connectivity index (χ4n) is 2.22. The Morgan fingerprint density at radius 1 is 1.50 bits per heavy atom. The first-order valence-electron chi connectivity index (χ1n) is 6.48. The molecule has 1 unspecified atom stereocenters. The second-order valence-electron chi connectivity index (χ2n) is 4.74. The van der Waals surface area contributed by atoms with Gasteiger partial charge < -0.3 is 15.7 Å². The van der Waals surface area contributed by atoms with Crippen molar-refractivity contribution in [2.45, 2.75) is 24.9 Å². The lowest BCUT2D eigenvalue weighted by Crippen LogP contribution is -2.47. The molecule has 0 spiro atoms. The van der Waals surface area contributed by atoms with Crippen molar-refractivity contribution in [3.63, 3.8) is 0 Å². The van der Waals surface area contributed by atoms with Gasteiger partial charge in [0.25, 0.3) is 0 Å². The van der Waals surface area contributed by atoms with Gasteiger partial charge in [-0.2, -0.15) is 11.8 Å².